The number of ether oxygens (including phenoxy) is 1. The van der Waals surface area contributed by atoms with Crippen molar-refractivity contribution in [3.8, 4) is 0 Å². The second-order valence-corrected chi connectivity index (χ2v) is 4.47. The Morgan fingerprint density at radius 2 is 1.80 bits per heavy atom. The molecule has 0 fully saturated rings. The molecule has 0 N–H and O–H groups in total. The van der Waals surface area contributed by atoms with Crippen molar-refractivity contribution >= 4 is 22.5 Å². The Hall–Kier alpha value is -2.23. The van der Waals surface area contributed by atoms with Gasteiger partial charge in [-0.2, -0.15) is 0 Å². The summed E-state index contributed by atoms with van der Waals surface area (Å²) in [5, 5.41) is 1.72. The number of carbonyl (C=O) groups excluding carboxylic acids is 2. The Kier molecular flexibility index (Phi) is 4.45. The molecule has 0 aliphatic rings. The third kappa shape index (κ3) is 3.41. The van der Waals surface area contributed by atoms with E-state index in [0.717, 1.165) is 16.3 Å². The van der Waals surface area contributed by atoms with Gasteiger partial charge in [-0.25, -0.2) is 9.18 Å². The van der Waals surface area contributed by atoms with Crippen molar-refractivity contribution in [1.82, 2.24) is 0 Å². The number of halogens is 1. The first-order valence-corrected chi connectivity index (χ1v) is 6.48. The summed E-state index contributed by atoms with van der Waals surface area (Å²) in [5.41, 5.74) is 0.932. The van der Waals surface area contributed by atoms with Crippen molar-refractivity contribution in [3.05, 3.63) is 47.8 Å². The highest BCUT2D eigenvalue weighted by Crippen LogP contribution is 2.18. The first-order chi connectivity index (χ1) is 9.60. The van der Waals surface area contributed by atoms with Gasteiger partial charge in [0, 0.05) is 6.42 Å². The van der Waals surface area contributed by atoms with Crippen LogP contribution < -0.4 is 0 Å². The average Bonchev–Trinajstić information content (AvgIpc) is 2.44. The summed E-state index contributed by atoms with van der Waals surface area (Å²) in [6.07, 6.45) is 0.580. The number of Topliss-reactive ketones (excluding diaryl/α,β-unsaturated/α-hetero) is 1. The van der Waals surface area contributed by atoms with Gasteiger partial charge >= 0.3 is 5.97 Å². The fraction of sp³-hybridized carbons (Fsp3) is 0.250. The van der Waals surface area contributed by atoms with Crippen LogP contribution in [0, 0.1) is 5.82 Å². The van der Waals surface area contributed by atoms with Crippen LogP contribution in [0.4, 0.5) is 4.39 Å². The number of carbonyl (C=O) groups is 2. The lowest BCUT2D eigenvalue weighted by atomic mass is 10.0. The molecule has 0 aromatic heterocycles. The molecule has 3 nitrogen and oxygen atoms in total. The summed E-state index contributed by atoms with van der Waals surface area (Å²) < 4.78 is 17.7. The topological polar surface area (TPSA) is 43.4 Å². The Labute approximate surface area is 116 Å². The minimum absolute atomic E-state index is 0.117. The summed E-state index contributed by atoms with van der Waals surface area (Å²) in [6, 6.07) is 10.1. The number of hydrogen-bond donors (Lipinski definition) is 0. The quantitative estimate of drug-likeness (QED) is 0.621. The van der Waals surface area contributed by atoms with Gasteiger partial charge in [0.25, 0.3) is 0 Å². The van der Waals surface area contributed by atoms with Crippen molar-refractivity contribution in [2.45, 2.75) is 19.8 Å². The van der Waals surface area contributed by atoms with Gasteiger partial charge in [-0.15, -0.1) is 0 Å². The van der Waals surface area contributed by atoms with Gasteiger partial charge in [0.2, 0.25) is 5.78 Å². The summed E-state index contributed by atoms with van der Waals surface area (Å²) in [4.78, 5) is 22.7. The smallest absolute Gasteiger partial charge is 0.374 e. The Morgan fingerprint density at radius 1 is 1.10 bits per heavy atom. The van der Waals surface area contributed by atoms with E-state index in [1.807, 2.05) is 18.2 Å². The predicted octanol–water partition coefficient (Wildman–Crippen LogP) is 3.04. The second-order valence-electron chi connectivity index (χ2n) is 4.47. The van der Waals surface area contributed by atoms with Crippen LogP contribution in [-0.4, -0.2) is 18.4 Å². The molecule has 0 saturated heterocycles. The van der Waals surface area contributed by atoms with Crippen LogP contribution in [0.1, 0.15) is 18.9 Å². The van der Waals surface area contributed by atoms with Gasteiger partial charge < -0.3 is 4.74 Å². The van der Waals surface area contributed by atoms with Crippen LogP contribution in [0.3, 0.4) is 0 Å². The standard InChI is InChI=1S/C16H15FO3/c1-2-20-16(19)15(18)8-4-11-3-5-13-10-14(17)7-6-12(13)9-11/h3,5-7,9-10H,2,4,8H2,1H3. The SMILES string of the molecule is CCOC(=O)C(=O)CCc1ccc2cc(F)ccc2c1. The molecule has 20 heavy (non-hydrogen) atoms. The van der Waals surface area contributed by atoms with Crippen LogP contribution in [0.15, 0.2) is 36.4 Å². The van der Waals surface area contributed by atoms with Gasteiger partial charge in [0.15, 0.2) is 0 Å². The minimum Gasteiger partial charge on any atom is -0.460 e. The predicted molar refractivity (Wildman–Crippen MR) is 73.9 cm³/mol. The molecule has 0 saturated carbocycles. The first-order valence-electron chi connectivity index (χ1n) is 6.48. The fourth-order valence-electron chi connectivity index (χ4n) is 1.99. The molecule has 0 radical (unpaired) electrons. The van der Waals surface area contributed by atoms with Gasteiger partial charge in [0.05, 0.1) is 6.61 Å². The number of benzene rings is 2. The fourth-order valence-corrected chi connectivity index (χ4v) is 1.99. The zero-order valence-electron chi connectivity index (χ0n) is 11.2. The lowest BCUT2D eigenvalue weighted by Gasteiger charge is -2.04. The molecule has 104 valence electrons. The van der Waals surface area contributed by atoms with E-state index in [2.05, 4.69) is 4.74 Å². The highest BCUT2D eigenvalue weighted by molar-refractivity contribution is 6.33. The van der Waals surface area contributed by atoms with E-state index in [9.17, 15) is 14.0 Å². The lowest BCUT2D eigenvalue weighted by molar-refractivity contribution is -0.153. The molecule has 0 amide bonds. The van der Waals surface area contributed by atoms with Gasteiger partial charge in [-0.3, -0.25) is 4.79 Å². The molecular formula is C16H15FO3. The normalized spacial score (nSPS) is 10.5. The molecule has 0 aliphatic carbocycles. The molecule has 2 rings (SSSR count). The summed E-state index contributed by atoms with van der Waals surface area (Å²) in [6.45, 7) is 1.86. The lowest BCUT2D eigenvalue weighted by Crippen LogP contribution is -2.17. The molecule has 4 heteroatoms. The summed E-state index contributed by atoms with van der Waals surface area (Å²) in [7, 11) is 0. The molecule has 0 unspecified atom stereocenters. The number of rotatable bonds is 5. The highest BCUT2D eigenvalue weighted by Gasteiger charge is 2.14. The average molecular weight is 274 g/mol. The molecule has 0 atom stereocenters. The third-order valence-corrected chi connectivity index (χ3v) is 3.01. The van der Waals surface area contributed by atoms with Gasteiger partial charge in [-0.05, 0) is 41.8 Å². The van der Waals surface area contributed by atoms with Crippen molar-refractivity contribution < 1.29 is 18.7 Å². The van der Waals surface area contributed by atoms with E-state index in [1.54, 1.807) is 13.0 Å². The maximum atomic E-state index is 13.1. The van der Waals surface area contributed by atoms with Crippen LogP contribution in [0.5, 0.6) is 0 Å². The second kappa shape index (κ2) is 6.28. The van der Waals surface area contributed by atoms with Crippen LogP contribution in [0.25, 0.3) is 10.8 Å². The molecule has 2 aromatic rings. The van der Waals surface area contributed by atoms with E-state index < -0.39 is 11.8 Å². The maximum Gasteiger partial charge on any atom is 0.374 e. The monoisotopic (exact) mass is 274 g/mol. The molecule has 2 aromatic carbocycles. The first kappa shape index (κ1) is 14.2. The van der Waals surface area contributed by atoms with Crippen molar-refractivity contribution in [1.29, 1.82) is 0 Å². The number of esters is 1. The van der Waals surface area contributed by atoms with E-state index in [4.69, 9.17) is 0 Å². The Balaban J connectivity index is 2.05. The Bertz CT molecular complexity index is 649. The zero-order chi connectivity index (χ0) is 14.5. The zero-order valence-corrected chi connectivity index (χ0v) is 11.2. The number of fused-ring (bicyclic) bond motifs is 1. The van der Waals surface area contributed by atoms with Crippen molar-refractivity contribution in [3.63, 3.8) is 0 Å². The minimum atomic E-state index is -0.782. The van der Waals surface area contributed by atoms with Crippen molar-refractivity contribution in [2.75, 3.05) is 6.61 Å². The largest absolute Gasteiger partial charge is 0.460 e. The van der Waals surface area contributed by atoms with Crippen LogP contribution in [0.2, 0.25) is 0 Å². The van der Waals surface area contributed by atoms with E-state index in [0.29, 0.717) is 6.42 Å². The van der Waals surface area contributed by atoms with E-state index in [1.165, 1.54) is 12.1 Å². The summed E-state index contributed by atoms with van der Waals surface area (Å²) in [5.74, 6) is -1.58. The summed E-state index contributed by atoms with van der Waals surface area (Å²) >= 11 is 0. The molecular weight excluding hydrogens is 259 g/mol. The number of ketones is 1. The molecule has 0 spiro atoms. The Morgan fingerprint density at radius 3 is 2.55 bits per heavy atom. The van der Waals surface area contributed by atoms with E-state index in [-0.39, 0.29) is 18.8 Å². The van der Waals surface area contributed by atoms with Gasteiger partial charge in [-0.1, -0.05) is 24.3 Å². The van der Waals surface area contributed by atoms with Crippen molar-refractivity contribution in [2.24, 2.45) is 0 Å². The van der Waals surface area contributed by atoms with Crippen LogP contribution in [-0.2, 0) is 20.7 Å². The molecule has 0 aliphatic heterocycles. The maximum absolute atomic E-state index is 13.1. The van der Waals surface area contributed by atoms with E-state index >= 15 is 0 Å². The van der Waals surface area contributed by atoms with Gasteiger partial charge in [0.1, 0.15) is 5.82 Å². The number of hydrogen-bond acceptors (Lipinski definition) is 3. The molecule has 0 bridgehead atoms. The van der Waals surface area contributed by atoms with Crippen LogP contribution >= 0.6 is 0 Å². The molecule has 0 heterocycles. The third-order valence-electron chi connectivity index (χ3n) is 3.01. The number of aryl methyl sites for hydroxylation is 1. The highest BCUT2D eigenvalue weighted by atomic mass is 19.1.